The predicted molar refractivity (Wildman–Crippen MR) is 207 cm³/mol. The van der Waals surface area contributed by atoms with Gasteiger partial charge in [0, 0.05) is 18.8 Å². The molecule has 0 saturated carbocycles. The van der Waals surface area contributed by atoms with Crippen LogP contribution in [0.2, 0.25) is 0 Å². The number of hydrogen-bond acceptors (Lipinski definition) is 7. The summed E-state index contributed by atoms with van der Waals surface area (Å²) in [7, 11) is -1.53. The van der Waals surface area contributed by atoms with Crippen molar-refractivity contribution in [2.45, 2.75) is 39.2 Å². The van der Waals surface area contributed by atoms with E-state index in [1.165, 1.54) is 59.1 Å². The molecule has 0 aromatic heterocycles. The van der Waals surface area contributed by atoms with Crippen LogP contribution in [-0.4, -0.2) is 52.2 Å². The van der Waals surface area contributed by atoms with E-state index in [1.807, 2.05) is 0 Å². The van der Waals surface area contributed by atoms with Crippen LogP contribution in [0.15, 0.2) is 134 Å². The molecule has 10 heteroatoms. The molecule has 5 aromatic carbocycles. The van der Waals surface area contributed by atoms with Crippen LogP contribution in [0.25, 0.3) is 6.08 Å². The Kier molecular flexibility index (Phi) is 24.6. The number of ether oxygens (including phenoxy) is 1. The van der Waals surface area contributed by atoms with Gasteiger partial charge in [0.05, 0.1) is 6.66 Å². The molecule has 1 heterocycles. The summed E-state index contributed by atoms with van der Waals surface area (Å²) < 4.78 is 4.94. The fourth-order valence-corrected chi connectivity index (χ4v) is 7.62. The second-order valence-electron chi connectivity index (χ2n) is 12.3. The van der Waals surface area contributed by atoms with Gasteiger partial charge in [-0.25, -0.2) is 0 Å². The van der Waals surface area contributed by atoms with Gasteiger partial charge in [0.15, 0.2) is 23.0 Å². The van der Waals surface area contributed by atoms with E-state index < -0.39 is 12.9 Å². The van der Waals surface area contributed by atoms with Crippen molar-refractivity contribution in [3.63, 3.8) is 0 Å². The zero-order chi connectivity index (χ0) is 37.0. The van der Waals surface area contributed by atoms with E-state index in [-0.39, 0.29) is 92.8 Å². The SMILES string of the molecule is C1CCOC1.C=Cc1ccc(O)c(O)c1.CC(C)(C)[O-].C[P+](c1ccccc1)(c1ccccc1)c1ccccc1.O=Cc1ccc(O)c(O)c1.[2H-].[Br-].[K+]. The zero-order valence-electron chi connectivity index (χ0n) is 31.7. The largest absolute Gasteiger partial charge is 1.00 e. The Labute approximate surface area is 364 Å². The molecule has 1 aliphatic heterocycles. The van der Waals surface area contributed by atoms with E-state index in [9.17, 15) is 9.90 Å². The van der Waals surface area contributed by atoms with Crippen LogP contribution in [0, 0.1) is 0 Å². The molecule has 0 atom stereocenters. The number of carbonyl (C=O) groups excluding carboxylic acids is 1. The number of halogens is 1. The number of benzene rings is 5. The van der Waals surface area contributed by atoms with Crippen molar-refractivity contribution >= 4 is 35.5 Å². The van der Waals surface area contributed by atoms with Crippen LogP contribution >= 0.6 is 7.26 Å². The Bertz CT molecular complexity index is 1560. The number of aromatic hydroxyl groups is 4. The molecule has 7 nitrogen and oxygen atoms in total. The van der Waals surface area contributed by atoms with Gasteiger partial charge in [-0.05, 0) is 85.1 Å². The molecule has 1 fully saturated rings. The first-order valence-corrected chi connectivity index (χ1v) is 18.5. The van der Waals surface area contributed by atoms with Crippen molar-refractivity contribution in [2.24, 2.45) is 0 Å². The minimum absolute atomic E-state index is 0. The second-order valence-corrected chi connectivity index (χ2v) is 15.8. The Hall–Kier alpha value is -2.82. The molecule has 5 aromatic rings. The molecule has 0 amide bonds. The standard InChI is InChI=1S/C19H18P.C8H8O2.C7H6O3.C4H8O.C4H9O.BrH.K.H/c1-20(17-11-5-2-6-12-17,18-13-7-3-8-14-18)19-15-9-4-10-16-19;1-2-6-3-4-7(9)8(10)5-6;8-4-5-1-2-6(9)7(10)3-5;1-2-4-5-3-1;1-4(2,3)5;;;/h2-16H,1H3;2-5,9-10H,1H2;1-4,9-10H;1-4H2;1-3H3;1H;;/q+1;;;;-1;;+1;-1/p-1/i;;;;;;;1+1. The van der Waals surface area contributed by atoms with Gasteiger partial charge in [0.1, 0.15) is 29.5 Å². The number of phenols is 4. The molecule has 0 aliphatic carbocycles. The van der Waals surface area contributed by atoms with E-state index in [0.29, 0.717) is 11.8 Å². The average molecular weight is 818 g/mol. The van der Waals surface area contributed by atoms with E-state index in [1.54, 1.807) is 32.9 Å². The number of rotatable bonds is 5. The van der Waals surface area contributed by atoms with Gasteiger partial charge in [0.25, 0.3) is 0 Å². The minimum atomic E-state index is -1.53. The van der Waals surface area contributed by atoms with E-state index >= 15 is 0 Å². The Morgan fingerprint density at radius 3 is 1.25 bits per heavy atom. The first kappa shape index (κ1) is 49.2. The van der Waals surface area contributed by atoms with Crippen molar-refractivity contribution in [3.05, 3.63) is 145 Å². The first-order chi connectivity index (χ1) is 23.8. The maximum absolute atomic E-state index is 10.1. The van der Waals surface area contributed by atoms with Crippen molar-refractivity contribution < 1.29 is 105 Å². The summed E-state index contributed by atoms with van der Waals surface area (Å²) in [5, 5.41) is 49.8. The second kappa shape index (κ2) is 26.0. The van der Waals surface area contributed by atoms with Gasteiger partial charge in [0.2, 0.25) is 0 Å². The number of hydrogen-bond donors (Lipinski definition) is 4. The van der Waals surface area contributed by atoms with Crippen LogP contribution in [0.1, 0.15) is 51.0 Å². The van der Waals surface area contributed by atoms with Gasteiger partial charge in [-0.2, -0.15) is 0 Å². The Morgan fingerprint density at radius 2 is 0.981 bits per heavy atom. The van der Waals surface area contributed by atoms with E-state index in [0.717, 1.165) is 18.8 Å². The summed E-state index contributed by atoms with van der Waals surface area (Å²) in [6.45, 7) is 12.8. The fraction of sp³-hybridized carbons (Fsp3) is 0.214. The molecular formula is C42H50BrKO7P-. The van der Waals surface area contributed by atoms with Gasteiger partial charge in [-0.3, -0.25) is 4.79 Å². The summed E-state index contributed by atoms with van der Waals surface area (Å²) >= 11 is 0. The van der Waals surface area contributed by atoms with Crippen LogP contribution in [0.4, 0.5) is 0 Å². The molecule has 4 N–H and O–H groups in total. The van der Waals surface area contributed by atoms with Crippen molar-refractivity contribution in [1.29, 1.82) is 0 Å². The molecule has 0 bridgehead atoms. The molecule has 0 unspecified atom stereocenters. The van der Waals surface area contributed by atoms with Gasteiger partial charge in [-0.15, -0.1) is 5.60 Å². The molecule has 274 valence electrons. The van der Waals surface area contributed by atoms with Crippen LogP contribution in [-0.2, 0) is 4.74 Å². The van der Waals surface area contributed by atoms with Crippen LogP contribution in [0.3, 0.4) is 0 Å². The predicted octanol–water partition coefficient (Wildman–Crippen LogP) is 1.32. The summed E-state index contributed by atoms with van der Waals surface area (Å²) in [5.74, 6) is -0.710. The summed E-state index contributed by atoms with van der Waals surface area (Å²) in [5.41, 5.74) is 0.380. The van der Waals surface area contributed by atoms with Crippen LogP contribution < -0.4 is 89.4 Å². The summed E-state index contributed by atoms with van der Waals surface area (Å²) in [6.07, 6.45) is 4.75. The zero-order valence-corrected chi connectivity index (χ0v) is 36.3. The molecule has 52 heavy (non-hydrogen) atoms. The topological polar surface area (TPSA) is 130 Å². The first-order valence-electron chi connectivity index (χ1n) is 16.2. The third-order valence-corrected chi connectivity index (χ3v) is 11.0. The Morgan fingerprint density at radius 1 is 0.654 bits per heavy atom. The smallest absolute Gasteiger partial charge is 1.00 e. The quantitative estimate of drug-likeness (QED) is 0.0913. The van der Waals surface area contributed by atoms with Gasteiger partial charge < -0.3 is 48.7 Å². The van der Waals surface area contributed by atoms with Crippen molar-refractivity contribution in [2.75, 3.05) is 19.9 Å². The third kappa shape index (κ3) is 18.3. The fourth-order valence-electron chi connectivity index (χ4n) is 4.42. The van der Waals surface area contributed by atoms with Crippen LogP contribution in [0.5, 0.6) is 23.0 Å². The van der Waals surface area contributed by atoms with E-state index in [2.05, 4.69) is 104 Å². The monoisotopic (exact) mass is 816 g/mol. The Balaban J connectivity index is 0. The average Bonchev–Trinajstić information content (AvgIpc) is 3.72. The summed E-state index contributed by atoms with van der Waals surface area (Å²) in [4.78, 5) is 10.1. The van der Waals surface area contributed by atoms with Crippen molar-refractivity contribution in [3.8, 4) is 23.0 Å². The summed E-state index contributed by atoms with van der Waals surface area (Å²) in [6, 6.07) is 41.1. The van der Waals surface area contributed by atoms with Crippen molar-refractivity contribution in [1.82, 2.24) is 0 Å². The molecule has 1 aliphatic rings. The molecule has 6 rings (SSSR count). The van der Waals surface area contributed by atoms with E-state index in [4.69, 9.17) is 25.2 Å². The molecule has 0 radical (unpaired) electrons. The third-order valence-electron chi connectivity index (χ3n) is 7.02. The molecule has 0 spiro atoms. The molecular weight excluding hydrogens is 766 g/mol. The number of aldehydes is 1. The normalized spacial score (nSPS) is 11.3. The van der Waals surface area contributed by atoms with Gasteiger partial charge in [-0.1, -0.05) is 94.1 Å². The number of phenolic OH excluding ortho intramolecular Hbond substituents is 4. The molecule has 1 saturated heterocycles. The number of carbonyl (C=O) groups is 1. The maximum atomic E-state index is 10.1. The maximum Gasteiger partial charge on any atom is 1.00 e. The van der Waals surface area contributed by atoms with Gasteiger partial charge >= 0.3 is 51.4 Å². The minimum Gasteiger partial charge on any atom is -1.00 e.